The topological polar surface area (TPSA) is 27.3 Å². The van der Waals surface area contributed by atoms with E-state index in [0.717, 1.165) is 31.1 Å². The highest BCUT2D eigenvalue weighted by Gasteiger charge is 2.32. The van der Waals surface area contributed by atoms with Crippen LogP contribution >= 0.6 is 0 Å². The normalized spacial score (nSPS) is 33.2. The average molecular weight is 253 g/mol. The van der Waals surface area contributed by atoms with Gasteiger partial charge in [-0.1, -0.05) is 19.8 Å². The first-order valence-corrected chi connectivity index (χ1v) is 7.96. The van der Waals surface area contributed by atoms with E-state index in [2.05, 4.69) is 29.5 Å². The van der Waals surface area contributed by atoms with Crippen LogP contribution in [0.5, 0.6) is 0 Å². The predicted octanol–water partition coefficient (Wildman–Crippen LogP) is 1.84. The molecule has 106 valence electrons. The minimum Gasteiger partial charge on any atom is -0.314 e. The molecule has 1 aliphatic heterocycles. The van der Waals surface area contributed by atoms with Crippen molar-refractivity contribution in [3.05, 3.63) is 0 Å². The van der Waals surface area contributed by atoms with Gasteiger partial charge in [0, 0.05) is 25.2 Å². The van der Waals surface area contributed by atoms with E-state index in [1.807, 2.05) is 0 Å². The molecule has 2 aliphatic rings. The predicted molar refractivity (Wildman–Crippen MR) is 77.9 cm³/mol. The van der Waals surface area contributed by atoms with Crippen molar-refractivity contribution in [3.63, 3.8) is 0 Å². The molecule has 0 aromatic carbocycles. The monoisotopic (exact) mass is 253 g/mol. The van der Waals surface area contributed by atoms with Gasteiger partial charge in [-0.25, -0.2) is 0 Å². The first-order chi connectivity index (χ1) is 8.81. The highest BCUT2D eigenvalue weighted by molar-refractivity contribution is 4.91. The van der Waals surface area contributed by atoms with E-state index in [-0.39, 0.29) is 0 Å². The van der Waals surface area contributed by atoms with Crippen molar-refractivity contribution in [2.45, 2.75) is 57.5 Å². The second-order valence-electron chi connectivity index (χ2n) is 6.11. The summed E-state index contributed by atoms with van der Waals surface area (Å²) >= 11 is 0. The summed E-state index contributed by atoms with van der Waals surface area (Å²) in [6.07, 6.45) is 8.46. The van der Waals surface area contributed by atoms with Gasteiger partial charge in [0.1, 0.15) is 0 Å². The van der Waals surface area contributed by atoms with Gasteiger partial charge in [0.15, 0.2) is 0 Å². The van der Waals surface area contributed by atoms with Crippen LogP contribution in [-0.4, -0.2) is 50.2 Å². The van der Waals surface area contributed by atoms with Crippen molar-refractivity contribution >= 4 is 0 Å². The van der Waals surface area contributed by atoms with E-state index in [1.165, 1.54) is 51.6 Å². The first kappa shape index (κ1) is 14.3. The smallest absolute Gasteiger partial charge is 0.0111 e. The molecule has 18 heavy (non-hydrogen) atoms. The molecule has 0 radical (unpaired) electrons. The van der Waals surface area contributed by atoms with Gasteiger partial charge in [0.2, 0.25) is 0 Å². The molecule has 1 saturated heterocycles. The van der Waals surface area contributed by atoms with Crippen molar-refractivity contribution in [1.82, 2.24) is 15.5 Å². The SMILES string of the molecule is CCN(C)CCNC1CCCCC1C1CCCN1. The minimum atomic E-state index is 0.764. The van der Waals surface area contributed by atoms with Crippen LogP contribution in [0.1, 0.15) is 45.4 Å². The number of likely N-dealkylation sites (N-methyl/N-ethyl adjacent to an activating group) is 1. The minimum absolute atomic E-state index is 0.764. The average Bonchev–Trinajstić information content (AvgIpc) is 2.93. The molecule has 0 amide bonds. The Morgan fingerprint density at radius 1 is 1.17 bits per heavy atom. The fourth-order valence-electron chi connectivity index (χ4n) is 3.57. The zero-order chi connectivity index (χ0) is 12.8. The summed E-state index contributed by atoms with van der Waals surface area (Å²) in [7, 11) is 2.21. The number of rotatable bonds is 6. The van der Waals surface area contributed by atoms with Gasteiger partial charge in [-0.15, -0.1) is 0 Å². The van der Waals surface area contributed by atoms with E-state index >= 15 is 0 Å². The number of hydrogen-bond acceptors (Lipinski definition) is 3. The van der Waals surface area contributed by atoms with Crippen molar-refractivity contribution in [1.29, 1.82) is 0 Å². The summed E-state index contributed by atoms with van der Waals surface area (Å²) in [5, 5.41) is 7.55. The highest BCUT2D eigenvalue weighted by Crippen LogP contribution is 2.30. The molecule has 0 spiro atoms. The Balaban J connectivity index is 1.76. The highest BCUT2D eigenvalue weighted by atomic mass is 15.1. The van der Waals surface area contributed by atoms with Crippen LogP contribution in [0.25, 0.3) is 0 Å². The van der Waals surface area contributed by atoms with E-state index in [0.29, 0.717) is 0 Å². The molecule has 3 unspecified atom stereocenters. The Hall–Kier alpha value is -0.120. The molecule has 0 aromatic rings. The Morgan fingerprint density at radius 2 is 2.00 bits per heavy atom. The molecule has 3 nitrogen and oxygen atoms in total. The molecule has 2 fully saturated rings. The second-order valence-corrected chi connectivity index (χ2v) is 6.11. The number of hydrogen-bond donors (Lipinski definition) is 2. The van der Waals surface area contributed by atoms with Gasteiger partial charge in [0.25, 0.3) is 0 Å². The van der Waals surface area contributed by atoms with E-state index in [4.69, 9.17) is 0 Å². The van der Waals surface area contributed by atoms with Crippen LogP contribution in [0.4, 0.5) is 0 Å². The van der Waals surface area contributed by atoms with E-state index in [1.54, 1.807) is 0 Å². The Bertz CT molecular complexity index is 226. The Kier molecular flexibility index (Phi) is 5.93. The van der Waals surface area contributed by atoms with Crippen molar-refractivity contribution < 1.29 is 0 Å². The summed E-state index contributed by atoms with van der Waals surface area (Å²) in [4.78, 5) is 2.39. The maximum atomic E-state index is 3.83. The lowest BCUT2D eigenvalue weighted by Gasteiger charge is -2.36. The van der Waals surface area contributed by atoms with Crippen LogP contribution in [0, 0.1) is 5.92 Å². The summed E-state index contributed by atoms with van der Waals surface area (Å²) in [5.74, 6) is 0.883. The first-order valence-electron chi connectivity index (χ1n) is 7.96. The zero-order valence-corrected chi connectivity index (χ0v) is 12.3. The second kappa shape index (κ2) is 7.46. The summed E-state index contributed by atoms with van der Waals surface area (Å²) in [6, 6.07) is 1.56. The molecule has 2 rings (SSSR count). The molecule has 3 atom stereocenters. The fraction of sp³-hybridized carbons (Fsp3) is 1.00. The number of nitrogens with zero attached hydrogens (tertiary/aromatic N) is 1. The Labute approximate surface area is 113 Å². The van der Waals surface area contributed by atoms with Crippen molar-refractivity contribution in [2.24, 2.45) is 5.92 Å². The quantitative estimate of drug-likeness (QED) is 0.756. The van der Waals surface area contributed by atoms with Gasteiger partial charge in [-0.3, -0.25) is 0 Å². The lowest BCUT2D eigenvalue weighted by Crippen LogP contribution is -2.48. The number of nitrogens with one attached hydrogen (secondary N) is 2. The molecule has 0 aromatic heterocycles. The van der Waals surface area contributed by atoms with Crippen LogP contribution in [0.2, 0.25) is 0 Å². The summed E-state index contributed by atoms with van der Waals surface area (Å²) in [6.45, 7) is 6.95. The molecule has 1 heterocycles. The molecule has 0 bridgehead atoms. The van der Waals surface area contributed by atoms with Crippen LogP contribution < -0.4 is 10.6 Å². The third-order valence-electron chi connectivity index (χ3n) is 4.87. The zero-order valence-electron chi connectivity index (χ0n) is 12.3. The van der Waals surface area contributed by atoms with Gasteiger partial charge < -0.3 is 15.5 Å². The van der Waals surface area contributed by atoms with Gasteiger partial charge >= 0.3 is 0 Å². The fourth-order valence-corrected chi connectivity index (χ4v) is 3.57. The third kappa shape index (κ3) is 3.94. The lowest BCUT2D eigenvalue weighted by atomic mass is 9.79. The molecular formula is C15H31N3. The van der Waals surface area contributed by atoms with E-state index < -0.39 is 0 Å². The molecular weight excluding hydrogens is 222 g/mol. The lowest BCUT2D eigenvalue weighted by molar-refractivity contribution is 0.208. The van der Waals surface area contributed by atoms with Crippen molar-refractivity contribution in [2.75, 3.05) is 33.2 Å². The maximum Gasteiger partial charge on any atom is 0.0111 e. The van der Waals surface area contributed by atoms with Crippen LogP contribution in [0.3, 0.4) is 0 Å². The van der Waals surface area contributed by atoms with Gasteiger partial charge in [0.05, 0.1) is 0 Å². The molecule has 1 saturated carbocycles. The molecule has 2 N–H and O–H groups in total. The summed E-state index contributed by atoms with van der Waals surface area (Å²) in [5.41, 5.74) is 0. The largest absolute Gasteiger partial charge is 0.314 e. The molecule has 1 aliphatic carbocycles. The van der Waals surface area contributed by atoms with E-state index in [9.17, 15) is 0 Å². The van der Waals surface area contributed by atoms with Crippen LogP contribution in [-0.2, 0) is 0 Å². The Morgan fingerprint density at radius 3 is 2.72 bits per heavy atom. The summed E-state index contributed by atoms with van der Waals surface area (Å²) < 4.78 is 0. The standard InChI is InChI=1S/C15H31N3/c1-3-18(2)12-11-17-14-8-5-4-7-13(14)15-9-6-10-16-15/h13-17H,3-12H2,1-2H3. The van der Waals surface area contributed by atoms with Gasteiger partial charge in [-0.2, -0.15) is 0 Å². The maximum absolute atomic E-state index is 3.83. The van der Waals surface area contributed by atoms with Gasteiger partial charge in [-0.05, 0) is 51.7 Å². The molecule has 3 heteroatoms. The van der Waals surface area contributed by atoms with Crippen molar-refractivity contribution in [3.8, 4) is 0 Å². The third-order valence-corrected chi connectivity index (χ3v) is 4.87. The van der Waals surface area contributed by atoms with Crippen LogP contribution in [0.15, 0.2) is 0 Å².